The molecule has 1 saturated heterocycles. The first-order valence-electron chi connectivity index (χ1n) is 4.68. The lowest BCUT2D eigenvalue weighted by Gasteiger charge is -2.34. The van der Waals surface area contributed by atoms with Gasteiger partial charge in [0.15, 0.2) is 0 Å². The van der Waals surface area contributed by atoms with E-state index in [4.69, 9.17) is 0 Å². The first-order valence-corrected chi connectivity index (χ1v) is 4.68. The third-order valence-electron chi connectivity index (χ3n) is 2.78. The van der Waals surface area contributed by atoms with Crippen molar-refractivity contribution in [1.82, 2.24) is 4.90 Å². The van der Waals surface area contributed by atoms with E-state index in [-0.39, 0.29) is 6.10 Å². The third-order valence-corrected chi connectivity index (χ3v) is 2.78. The van der Waals surface area contributed by atoms with Crippen molar-refractivity contribution in [3.05, 3.63) is 0 Å². The van der Waals surface area contributed by atoms with Gasteiger partial charge in [-0.1, -0.05) is 20.3 Å². The Kier molecular flexibility index (Phi) is 3.34. The molecule has 1 fully saturated rings. The first kappa shape index (κ1) is 9.01. The number of rotatable bonds is 2. The summed E-state index contributed by atoms with van der Waals surface area (Å²) in [5.74, 6) is 0.554. The van der Waals surface area contributed by atoms with Crippen LogP contribution in [0.4, 0.5) is 0 Å². The lowest BCUT2D eigenvalue weighted by molar-refractivity contribution is 0.0226. The van der Waals surface area contributed by atoms with Crippen molar-refractivity contribution < 1.29 is 5.11 Å². The molecule has 2 heteroatoms. The van der Waals surface area contributed by atoms with E-state index in [1.54, 1.807) is 0 Å². The average molecular weight is 157 g/mol. The highest BCUT2D eigenvalue weighted by molar-refractivity contribution is 4.78. The molecule has 0 spiro atoms. The molecule has 0 aromatic heterocycles. The van der Waals surface area contributed by atoms with Gasteiger partial charge in [-0.15, -0.1) is 0 Å². The molecule has 0 aromatic carbocycles. The Morgan fingerprint density at radius 1 is 1.45 bits per heavy atom. The molecular weight excluding hydrogens is 138 g/mol. The van der Waals surface area contributed by atoms with Crippen molar-refractivity contribution in [2.75, 3.05) is 19.6 Å². The molecule has 0 bridgehead atoms. The van der Waals surface area contributed by atoms with E-state index in [0.29, 0.717) is 5.92 Å². The van der Waals surface area contributed by atoms with Crippen molar-refractivity contribution in [2.45, 2.75) is 32.8 Å². The molecule has 1 heterocycles. The number of aliphatic hydroxyl groups excluding tert-OH is 1. The summed E-state index contributed by atoms with van der Waals surface area (Å²) >= 11 is 0. The van der Waals surface area contributed by atoms with E-state index < -0.39 is 0 Å². The van der Waals surface area contributed by atoms with Crippen LogP contribution in [0.3, 0.4) is 0 Å². The normalized spacial score (nSPS) is 34.1. The second-order valence-electron chi connectivity index (χ2n) is 3.42. The van der Waals surface area contributed by atoms with E-state index in [9.17, 15) is 5.11 Å². The van der Waals surface area contributed by atoms with Gasteiger partial charge in [0.2, 0.25) is 0 Å². The van der Waals surface area contributed by atoms with Crippen molar-refractivity contribution >= 4 is 0 Å². The van der Waals surface area contributed by atoms with Crippen LogP contribution in [-0.2, 0) is 0 Å². The zero-order chi connectivity index (χ0) is 8.27. The molecule has 1 N–H and O–H groups in total. The van der Waals surface area contributed by atoms with Gasteiger partial charge in [-0.25, -0.2) is 0 Å². The maximum absolute atomic E-state index is 9.63. The molecule has 1 rings (SSSR count). The largest absolute Gasteiger partial charge is 0.392 e. The van der Waals surface area contributed by atoms with Crippen molar-refractivity contribution in [2.24, 2.45) is 5.92 Å². The number of hydrogen-bond donors (Lipinski definition) is 1. The molecule has 1 aliphatic rings. The van der Waals surface area contributed by atoms with E-state index >= 15 is 0 Å². The zero-order valence-electron chi connectivity index (χ0n) is 7.58. The molecule has 2 nitrogen and oxygen atoms in total. The monoisotopic (exact) mass is 157 g/mol. The number of hydrogen-bond acceptors (Lipinski definition) is 2. The van der Waals surface area contributed by atoms with Crippen LogP contribution in [0.1, 0.15) is 26.7 Å². The highest BCUT2D eigenvalue weighted by atomic mass is 16.3. The first-order chi connectivity index (χ1) is 5.27. The van der Waals surface area contributed by atoms with Crippen LogP contribution in [0.2, 0.25) is 0 Å². The lowest BCUT2D eigenvalue weighted by atomic mass is 9.92. The molecule has 0 aliphatic carbocycles. The quantitative estimate of drug-likeness (QED) is 0.649. The van der Waals surface area contributed by atoms with Gasteiger partial charge in [-0.3, -0.25) is 0 Å². The maximum Gasteiger partial charge on any atom is 0.0695 e. The highest BCUT2D eigenvalue weighted by Crippen LogP contribution is 2.19. The Morgan fingerprint density at radius 2 is 2.18 bits per heavy atom. The number of likely N-dealkylation sites (tertiary alicyclic amines) is 1. The summed E-state index contributed by atoms with van der Waals surface area (Å²) in [7, 11) is 0. The Balaban J connectivity index is 2.34. The summed E-state index contributed by atoms with van der Waals surface area (Å²) in [4.78, 5) is 2.32. The number of likely N-dealkylation sites (N-methyl/N-ethyl adjacent to an activating group) is 1. The molecule has 2 atom stereocenters. The molecule has 11 heavy (non-hydrogen) atoms. The Hall–Kier alpha value is -0.0800. The molecule has 1 aliphatic heterocycles. The van der Waals surface area contributed by atoms with Gasteiger partial charge in [0.1, 0.15) is 0 Å². The summed E-state index contributed by atoms with van der Waals surface area (Å²) in [5.41, 5.74) is 0. The van der Waals surface area contributed by atoms with E-state index in [0.717, 1.165) is 19.5 Å². The molecule has 0 amide bonds. The smallest absolute Gasteiger partial charge is 0.0695 e. The van der Waals surface area contributed by atoms with Crippen LogP contribution in [0.25, 0.3) is 0 Å². The van der Waals surface area contributed by atoms with Crippen LogP contribution in [0.5, 0.6) is 0 Å². The fourth-order valence-electron chi connectivity index (χ4n) is 1.81. The summed E-state index contributed by atoms with van der Waals surface area (Å²) in [5, 5.41) is 9.63. The minimum atomic E-state index is -0.0753. The van der Waals surface area contributed by atoms with E-state index in [1.165, 1.54) is 13.0 Å². The maximum atomic E-state index is 9.63. The van der Waals surface area contributed by atoms with Gasteiger partial charge in [0, 0.05) is 6.54 Å². The summed E-state index contributed by atoms with van der Waals surface area (Å²) < 4.78 is 0. The summed E-state index contributed by atoms with van der Waals surface area (Å²) in [6, 6.07) is 0. The Labute approximate surface area is 69.2 Å². The number of piperidine rings is 1. The van der Waals surface area contributed by atoms with Gasteiger partial charge in [0.05, 0.1) is 6.10 Å². The van der Waals surface area contributed by atoms with Gasteiger partial charge >= 0.3 is 0 Å². The number of nitrogens with zero attached hydrogens (tertiary/aromatic N) is 1. The standard InChI is InChI=1S/C9H19NO/c1-3-8-5-6-10(4-2)7-9(8)11/h8-9,11H,3-7H2,1-2H3. The second kappa shape index (κ2) is 4.07. The van der Waals surface area contributed by atoms with Crippen molar-refractivity contribution in [3.8, 4) is 0 Å². The van der Waals surface area contributed by atoms with Gasteiger partial charge in [0.25, 0.3) is 0 Å². The molecule has 0 saturated carbocycles. The average Bonchev–Trinajstić information content (AvgIpc) is 2.04. The lowest BCUT2D eigenvalue weighted by Crippen LogP contribution is -2.43. The van der Waals surface area contributed by atoms with Crippen molar-refractivity contribution in [1.29, 1.82) is 0 Å². The molecule has 0 radical (unpaired) electrons. The summed E-state index contributed by atoms with van der Waals surface area (Å²) in [6.45, 7) is 7.45. The van der Waals surface area contributed by atoms with Gasteiger partial charge < -0.3 is 10.0 Å². The minimum Gasteiger partial charge on any atom is -0.392 e. The molecule has 66 valence electrons. The number of β-amino-alcohol motifs (C(OH)–C–C–N with tert-alkyl or cyclic N) is 1. The topological polar surface area (TPSA) is 23.5 Å². The molecule has 2 unspecified atom stereocenters. The third kappa shape index (κ3) is 2.17. The van der Waals surface area contributed by atoms with Gasteiger partial charge in [-0.2, -0.15) is 0 Å². The fourth-order valence-corrected chi connectivity index (χ4v) is 1.81. The Morgan fingerprint density at radius 3 is 2.64 bits per heavy atom. The Bertz CT molecular complexity index is 116. The van der Waals surface area contributed by atoms with Crippen LogP contribution in [0, 0.1) is 5.92 Å². The minimum absolute atomic E-state index is 0.0753. The molecule has 0 aromatic rings. The van der Waals surface area contributed by atoms with Crippen LogP contribution in [-0.4, -0.2) is 35.7 Å². The van der Waals surface area contributed by atoms with Gasteiger partial charge in [-0.05, 0) is 25.4 Å². The van der Waals surface area contributed by atoms with E-state index in [1.807, 2.05) is 0 Å². The van der Waals surface area contributed by atoms with E-state index in [2.05, 4.69) is 18.7 Å². The SMILES string of the molecule is CCC1CCN(CC)CC1O. The zero-order valence-corrected chi connectivity index (χ0v) is 7.58. The van der Waals surface area contributed by atoms with Crippen LogP contribution < -0.4 is 0 Å². The predicted octanol–water partition coefficient (Wildman–Crippen LogP) is 1.10. The highest BCUT2D eigenvalue weighted by Gasteiger charge is 2.24. The predicted molar refractivity (Wildman–Crippen MR) is 46.5 cm³/mol. The second-order valence-corrected chi connectivity index (χ2v) is 3.42. The summed E-state index contributed by atoms with van der Waals surface area (Å²) in [6.07, 6.45) is 2.22. The van der Waals surface area contributed by atoms with Crippen LogP contribution >= 0.6 is 0 Å². The van der Waals surface area contributed by atoms with Crippen LogP contribution in [0.15, 0.2) is 0 Å². The fraction of sp³-hybridized carbons (Fsp3) is 1.00. The molecular formula is C9H19NO. The van der Waals surface area contributed by atoms with Crippen molar-refractivity contribution in [3.63, 3.8) is 0 Å². The number of aliphatic hydroxyl groups is 1.